The van der Waals surface area contributed by atoms with Gasteiger partial charge in [0.2, 0.25) is 0 Å². The predicted octanol–water partition coefficient (Wildman–Crippen LogP) is 4.74. The molecular formula is C14H30IN. The molecule has 16 heavy (non-hydrogen) atoms. The van der Waals surface area contributed by atoms with Crippen LogP contribution in [0.1, 0.15) is 58.8 Å². The van der Waals surface area contributed by atoms with Crippen molar-refractivity contribution in [3.05, 3.63) is 0 Å². The second kappa shape index (κ2) is 10.8. The fourth-order valence-corrected chi connectivity index (χ4v) is 3.42. The minimum Gasteiger partial charge on any atom is -0.309 e. The second-order valence-corrected chi connectivity index (χ2v) is 6.73. The molecule has 0 aromatic heterocycles. The Bertz CT molecular complexity index is 148. The van der Waals surface area contributed by atoms with Gasteiger partial charge in [0.1, 0.15) is 0 Å². The zero-order valence-electron chi connectivity index (χ0n) is 11.6. The lowest BCUT2D eigenvalue weighted by atomic mass is 9.93. The first-order valence-corrected chi connectivity index (χ1v) is 8.15. The molecule has 2 unspecified atom stereocenters. The van der Waals surface area contributed by atoms with Crippen molar-refractivity contribution >= 4 is 22.6 Å². The maximum absolute atomic E-state index is 2.68. The summed E-state index contributed by atoms with van der Waals surface area (Å²) in [4.78, 5) is 2.29. The second-order valence-electron chi connectivity index (χ2n) is 5.13. The summed E-state index contributed by atoms with van der Waals surface area (Å²) in [6, 6.07) is 0. The maximum atomic E-state index is 2.68. The van der Waals surface area contributed by atoms with Crippen LogP contribution >= 0.6 is 22.6 Å². The molecule has 0 aliphatic carbocycles. The first kappa shape index (κ1) is 16.7. The van der Waals surface area contributed by atoms with Crippen LogP contribution in [0.3, 0.4) is 0 Å². The molecule has 1 nitrogen and oxygen atoms in total. The summed E-state index contributed by atoms with van der Waals surface area (Å²) in [5.74, 6) is 0.953. The number of alkyl halides is 1. The van der Waals surface area contributed by atoms with Crippen LogP contribution < -0.4 is 0 Å². The topological polar surface area (TPSA) is 3.24 Å². The average molecular weight is 339 g/mol. The SMILES string of the molecule is CCCCC(I)C(CC)CCCCN(C)C. The molecule has 0 aromatic rings. The van der Waals surface area contributed by atoms with Gasteiger partial charge in [-0.05, 0) is 45.8 Å². The molecule has 0 aliphatic rings. The van der Waals surface area contributed by atoms with Crippen LogP contribution in [0.15, 0.2) is 0 Å². The van der Waals surface area contributed by atoms with Gasteiger partial charge in [-0.1, -0.05) is 62.1 Å². The van der Waals surface area contributed by atoms with Crippen LogP contribution in [0.25, 0.3) is 0 Å². The Morgan fingerprint density at radius 3 is 2.19 bits per heavy atom. The monoisotopic (exact) mass is 339 g/mol. The number of nitrogens with zero attached hydrogens (tertiary/aromatic N) is 1. The molecule has 0 bridgehead atoms. The molecular weight excluding hydrogens is 309 g/mol. The van der Waals surface area contributed by atoms with E-state index in [4.69, 9.17) is 0 Å². The Morgan fingerprint density at radius 1 is 1.00 bits per heavy atom. The molecule has 0 aliphatic heterocycles. The highest BCUT2D eigenvalue weighted by atomic mass is 127. The van der Waals surface area contributed by atoms with Gasteiger partial charge in [-0.3, -0.25) is 0 Å². The van der Waals surface area contributed by atoms with Crippen molar-refractivity contribution in [2.24, 2.45) is 5.92 Å². The van der Waals surface area contributed by atoms with Crippen LogP contribution in [0, 0.1) is 5.92 Å². The third-order valence-electron chi connectivity index (χ3n) is 3.30. The van der Waals surface area contributed by atoms with Gasteiger partial charge in [0, 0.05) is 3.92 Å². The average Bonchev–Trinajstić information content (AvgIpc) is 2.25. The Kier molecular flexibility index (Phi) is 11.3. The third kappa shape index (κ3) is 8.80. The van der Waals surface area contributed by atoms with Gasteiger partial charge in [0.05, 0.1) is 0 Å². The molecule has 0 fully saturated rings. The highest BCUT2D eigenvalue weighted by molar-refractivity contribution is 14.1. The number of hydrogen-bond donors (Lipinski definition) is 0. The number of hydrogen-bond acceptors (Lipinski definition) is 1. The van der Waals surface area contributed by atoms with Gasteiger partial charge in [-0.2, -0.15) is 0 Å². The zero-order valence-corrected chi connectivity index (χ0v) is 13.8. The van der Waals surface area contributed by atoms with E-state index in [0.717, 1.165) is 9.84 Å². The molecule has 98 valence electrons. The fourth-order valence-electron chi connectivity index (χ4n) is 2.11. The van der Waals surface area contributed by atoms with E-state index in [-0.39, 0.29) is 0 Å². The Hall–Kier alpha value is 0.690. The van der Waals surface area contributed by atoms with E-state index in [1.54, 1.807) is 0 Å². The molecule has 0 radical (unpaired) electrons. The summed E-state index contributed by atoms with van der Waals surface area (Å²) in [7, 11) is 4.33. The Labute approximate surface area is 117 Å². The largest absolute Gasteiger partial charge is 0.309 e. The normalized spacial score (nSPS) is 15.4. The quantitative estimate of drug-likeness (QED) is 0.316. The first-order valence-electron chi connectivity index (χ1n) is 6.90. The van der Waals surface area contributed by atoms with E-state index in [1.165, 1.54) is 51.5 Å². The van der Waals surface area contributed by atoms with Crippen LogP contribution in [0.2, 0.25) is 0 Å². The molecule has 0 rings (SSSR count). The van der Waals surface area contributed by atoms with E-state index in [9.17, 15) is 0 Å². The third-order valence-corrected chi connectivity index (χ3v) is 4.94. The summed E-state index contributed by atoms with van der Waals surface area (Å²) < 4.78 is 0.905. The van der Waals surface area contributed by atoms with Gasteiger partial charge >= 0.3 is 0 Å². The highest BCUT2D eigenvalue weighted by Crippen LogP contribution is 2.27. The Morgan fingerprint density at radius 2 is 1.69 bits per heavy atom. The van der Waals surface area contributed by atoms with E-state index in [0.29, 0.717) is 0 Å². The smallest absolute Gasteiger partial charge is 0.0138 e. The number of unbranched alkanes of at least 4 members (excludes halogenated alkanes) is 2. The van der Waals surface area contributed by atoms with Gasteiger partial charge in [0.25, 0.3) is 0 Å². The summed E-state index contributed by atoms with van der Waals surface area (Å²) >= 11 is 2.68. The Balaban J connectivity index is 3.64. The van der Waals surface area contributed by atoms with Crippen LogP contribution in [0.5, 0.6) is 0 Å². The molecule has 0 saturated heterocycles. The number of halogens is 1. The summed E-state index contributed by atoms with van der Waals surface area (Å²) in [6.45, 7) is 5.90. The summed E-state index contributed by atoms with van der Waals surface area (Å²) in [5, 5.41) is 0. The van der Waals surface area contributed by atoms with E-state index in [1.807, 2.05) is 0 Å². The number of rotatable bonds is 10. The standard InChI is InChI=1S/C14H30IN/c1-5-7-11-14(15)13(6-2)10-8-9-12-16(3)4/h13-14H,5-12H2,1-4H3. The van der Waals surface area contributed by atoms with Gasteiger partial charge < -0.3 is 4.90 Å². The van der Waals surface area contributed by atoms with Crippen molar-refractivity contribution in [3.63, 3.8) is 0 Å². The van der Waals surface area contributed by atoms with E-state index < -0.39 is 0 Å². The zero-order chi connectivity index (χ0) is 12.4. The predicted molar refractivity (Wildman–Crippen MR) is 83.5 cm³/mol. The molecule has 0 N–H and O–H groups in total. The van der Waals surface area contributed by atoms with Crippen molar-refractivity contribution in [1.82, 2.24) is 4.90 Å². The molecule has 0 saturated carbocycles. The van der Waals surface area contributed by atoms with Crippen LogP contribution in [-0.4, -0.2) is 29.5 Å². The lowest BCUT2D eigenvalue weighted by Gasteiger charge is -2.21. The van der Waals surface area contributed by atoms with Crippen molar-refractivity contribution < 1.29 is 0 Å². The van der Waals surface area contributed by atoms with E-state index in [2.05, 4.69) is 55.4 Å². The summed E-state index contributed by atoms with van der Waals surface area (Å²) in [5.41, 5.74) is 0. The van der Waals surface area contributed by atoms with Crippen molar-refractivity contribution in [2.45, 2.75) is 62.7 Å². The molecule has 2 atom stereocenters. The molecule has 0 amide bonds. The first-order chi connectivity index (χ1) is 7.61. The molecule has 0 aromatic carbocycles. The molecule has 0 spiro atoms. The van der Waals surface area contributed by atoms with Crippen molar-refractivity contribution in [3.8, 4) is 0 Å². The lowest BCUT2D eigenvalue weighted by Crippen LogP contribution is -2.16. The minimum atomic E-state index is 0.905. The van der Waals surface area contributed by atoms with Crippen LogP contribution in [-0.2, 0) is 0 Å². The minimum absolute atomic E-state index is 0.905. The molecule has 0 heterocycles. The summed E-state index contributed by atoms with van der Waals surface area (Å²) in [6.07, 6.45) is 9.73. The van der Waals surface area contributed by atoms with E-state index >= 15 is 0 Å². The maximum Gasteiger partial charge on any atom is 0.0138 e. The van der Waals surface area contributed by atoms with Gasteiger partial charge in [0.15, 0.2) is 0 Å². The fraction of sp³-hybridized carbons (Fsp3) is 1.00. The van der Waals surface area contributed by atoms with Crippen molar-refractivity contribution in [1.29, 1.82) is 0 Å². The van der Waals surface area contributed by atoms with Gasteiger partial charge in [-0.25, -0.2) is 0 Å². The van der Waals surface area contributed by atoms with Crippen molar-refractivity contribution in [2.75, 3.05) is 20.6 Å². The highest BCUT2D eigenvalue weighted by Gasteiger charge is 2.15. The molecule has 2 heteroatoms. The lowest BCUT2D eigenvalue weighted by molar-refractivity contribution is 0.366. The van der Waals surface area contributed by atoms with Crippen LogP contribution in [0.4, 0.5) is 0 Å². The van der Waals surface area contributed by atoms with Gasteiger partial charge in [-0.15, -0.1) is 0 Å².